The van der Waals surface area contributed by atoms with Crippen LogP contribution in [-0.2, 0) is 9.53 Å². The van der Waals surface area contributed by atoms with Crippen molar-refractivity contribution in [3.8, 4) is 6.07 Å². The Morgan fingerprint density at radius 1 is 1.37 bits per heavy atom. The van der Waals surface area contributed by atoms with Crippen molar-refractivity contribution in [2.45, 2.75) is 6.92 Å². The number of hydrogen-bond donors (Lipinski definition) is 0. The smallest absolute Gasteiger partial charge is 0.368 e. The lowest BCUT2D eigenvalue weighted by Crippen LogP contribution is -2.15. The van der Waals surface area contributed by atoms with Crippen LogP contribution in [0.3, 0.4) is 0 Å². The molecule has 0 N–H and O–H groups in total. The minimum absolute atomic E-state index is 0.0641. The zero-order chi connectivity index (χ0) is 14.1. The van der Waals surface area contributed by atoms with Crippen molar-refractivity contribution >= 4 is 29.4 Å². The molecule has 19 heavy (non-hydrogen) atoms. The fourth-order valence-corrected chi connectivity index (χ4v) is 1.76. The molecule has 0 heterocycles. The van der Waals surface area contributed by atoms with Gasteiger partial charge in [-0.15, -0.1) is 0 Å². The first-order valence-corrected chi connectivity index (χ1v) is 6.48. The van der Waals surface area contributed by atoms with Crippen LogP contribution >= 0.6 is 11.9 Å². The molecule has 0 amide bonds. The lowest BCUT2D eigenvalue weighted by atomic mass is 10.2. The molecule has 0 atom stereocenters. The van der Waals surface area contributed by atoms with Crippen molar-refractivity contribution in [2.75, 3.05) is 12.4 Å². The van der Waals surface area contributed by atoms with Gasteiger partial charge in [-0.3, -0.25) is 4.79 Å². The van der Waals surface area contributed by atoms with Crippen LogP contribution in [0.15, 0.2) is 34.7 Å². The van der Waals surface area contributed by atoms with E-state index >= 15 is 0 Å². The summed E-state index contributed by atoms with van der Waals surface area (Å²) in [6.07, 6.45) is 0. The van der Waals surface area contributed by atoms with Gasteiger partial charge in [-0.1, -0.05) is 30.3 Å². The minimum Gasteiger partial charge on any atom is -0.461 e. The molecule has 1 aromatic carbocycles. The molecular formula is C13H12N2O3S. The summed E-state index contributed by atoms with van der Waals surface area (Å²) in [6.45, 7) is 1.81. The average molecular weight is 276 g/mol. The molecule has 98 valence electrons. The van der Waals surface area contributed by atoms with Gasteiger partial charge in [-0.2, -0.15) is 9.66 Å². The standard InChI is InChI=1S/C13H12N2O3S/c1-2-18-13(17)11(8-14)15-19-9-12(16)10-6-4-3-5-7-10/h3-7H,2,9H2,1H3/b15-11+. The maximum Gasteiger partial charge on any atom is 0.368 e. The molecule has 0 saturated carbocycles. The van der Waals surface area contributed by atoms with Crippen molar-refractivity contribution in [3.63, 3.8) is 0 Å². The fraction of sp³-hybridized carbons (Fsp3) is 0.231. The number of nitrogens with zero attached hydrogens (tertiary/aromatic N) is 2. The fourth-order valence-electron chi connectivity index (χ4n) is 1.17. The topological polar surface area (TPSA) is 79.5 Å². The third-order valence-electron chi connectivity index (χ3n) is 2.02. The van der Waals surface area contributed by atoms with Crippen LogP contribution in [0.1, 0.15) is 17.3 Å². The van der Waals surface area contributed by atoms with Crippen LogP contribution < -0.4 is 0 Å². The van der Waals surface area contributed by atoms with E-state index in [0.29, 0.717) is 5.56 Å². The van der Waals surface area contributed by atoms with Crippen LogP contribution in [0.2, 0.25) is 0 Å². The Morgan fingerprint density at radius 2 is 2.05 bits per heavy atom. The maximum atomic E-state index is 11.7. The van der Waals surface area contributed by atoms with Crippen LogP contribution in [0.5, 0.6) is 0 Å². The van der Waals surface area contributed by atoms with Gasteiger partial charge < -0.3 is 4.74 Å². The van der Waals surface area contributed by atoms with Gasteiger partial charge in [-0.25, -0.2) is 4.79 Å². The molecule has 6 heteroatoms. The van der Waals surface area contributed by atoms with E-state index in [-0.39, 0.29) is 23.9 Å². The van der Waals surface area contributed by atoms with E-state index in [1.807, 2.05) is 6.07 Å². The van der Waals surface area contributed by atoms with E-state index in [1.165, 1.54) is 0 Å². The molecule has 0 radical (unpaired) electrons. The molecule has 0 spiro atoms. The monoisotopic (exact) mass is 276 g/mol. The van der Waals surface area contributed by atoms with E-state index in [4.69, 9.17) is 5.26 Å². The van der Waals surface area contributed by atoms with Crippen molar-refractivity contribution in [2.24, 2.45) is 4.40 Å². The summed E-state index contributed by atoms with van der Waals surface area (Å²) < 4.78 is 8.35. The molecular weight excluding hydrogens is 264 g/mol. The highest BCUT2D eigenvalue weighted by atomic mass is 32.2. The molecule has 0 aliphatic heterocycles. The lowest BCUT2D eigenvalue weighted by Gasteiger charge is -1.99. The van der Waals surface area contributed by atoms with Gasteiger partial charge in [-0.05, 0) is 18.9 Å². The third kappa shape index (κ3) is 4.94. The van der Waals surface area contributed by atoms with E-state index < -0.39 is 5.97 Å². The Hall–Kier alpha value is -2.13. The number of Topliss-reactive ketones (excluding diaryl/α,β-unsaturated/α-hetero) is 1. The number of rotatable bonds is 6. The first kappa shape index (κ1) is 14.9. The molecule has 0 aromatic heterocycles. The molecule has 0 aliphatic carbocycles. The quantitative estimate of drug-likeness (QED) is 0.344. The maximum absolute atomic E-state index is 11.7. The Morgan fingerprint density at radius 3 is 2.63 bits per heavy atom. The van der Waals surface area contributed by atoms with Crippen LogP contribution in [-0.4, -0.2) is 29.8 Å². The minimum atomic E-state index is -0.773. The summed E-state index contributed by atoms with van der Waals surface area (Å²) in [5.41, 5.74) is 0.229. The largest absolute Gasteiger partial charge is 0.461 e. The van der Waals surface area contributed by atoms with Gasteiger partial charge in [0.05, 0.1) is 12.4 Å². The summed E-state index contributed by atoms with van der Waals surface area (Å²) in [7, 11) is 0. The third-order valence-corrected chi connectivity index (χ3v) is 2.72. The SMILES string of the molecule is CCOC(=O)/C(C#N)=N/SCC(=O)c1ccccc1. The van der Waals surface area contributed by atoms with Crippen LogP contribution in [0.25, 0.3) is 0 Å². The van der Waals surface area contributed by atoms with E-state index in [0.717, 1.165) is 11.9 Å². The predicted molar refractivity (Wildman–Crippen MR) is 72.9 cm³/mol. The average Bonchev–Trinajstić information content (AvgIpc) is 2.44. The molecule has 0 saturated heterocycles. The second-order valence-electron chi connectivity index (χ2n) is 3.33. The van der Waals surface area contributed by atoms with Crippen molar-refractivity contribution in [1.82, 2.24) is 0 Å². The summed E-state index contributed by atoms with van der Waals surface area (Å²) in [5.74, 6) is -0.825. The van der Waals surface area contributed by atoms with Crippen molar-refractivity contribution in [3.05, 3.63) is 35.9 Å². The molecule has 1 aromatic rings. The highest BCUT2D eigenvalue weighted by Crippen LogP contribution is 2.09. The number of benzene rings is 1. The Balaban J connectivity index is 2.55. The number of ether oxygens (including phenoxy) is 1. The summed E-state index contributed by atoms with van der Waals surface area (Å²) >= 11 is 0.858. The molecule has 0 fully saturated rings. The molecule has 5 nitrogen and oxygen atoms in total. The number of nitriles is 1. The van der Waals surface area contributed by atoms with Crippen molar-refractivity contribution < 1.29 is 14.3 Å². The summed E-state index contributed by atoms with van der Waals surface area (Å²) in [6, 6.07) is 10.4. The van der Waals surface area contributed by atoms with E-state index in [1.54, 1.807) is 37.3 Å². The Labute approximate surface area is 115 Å². The van der Waals surface area contributed by atoms with Crippen LogP contribution in [0.4, 0.5) is 0 Å². The molecule has 0 aliphatic rings. The van der Waals surface area contributed by atoms with Crippen LogP contribution in [0, 0.1) is 11.3 Å². The Bertz CT molecular complexity index is 520. The zero-order valence-electron chi connectivity index (χ0n) is 10.3. The van der Waals surface area contributed by atoms with Gasteiger partial charge in [0.15, 0.2) is 5.78 Å². The number of hydrogen-bond acceptors (Lipinski definition) is 6. The number of esters is 1. The molecule has 0 bridgehead atoms. The number of ketones is 1. The highest BCUT2D eigenvalue weighted by molar-refractivity contribution is 7.98. The molecule has 0 unspecified atom stereocenters. The Kier molecular flexibility index (Phi) is 6.33. The normalized spacial score (nSPS) is 10.6. The number of carbonyl (C=O) groups excluding carboxylic acids is 2. The summed E-state index contributed by atoms with van der Waals surface area (Å²) in [4.78, 5) is 23.0. The predicted octanol–water partition coefficient (Wildman–Crippen LogP) is 2.05. The molecule has 1 rings (SSSR count). The van der Waals surface area contributed by atoms with Gasteiger partial charge in [0.1, 0.15) is 6.07 Å². The van der Waals surface area contributed by atoms with Gasteiger partial charge in [0.2, 0.25) is 5.71 Å². The first-order valence-electron chi connectivity index (χ1n) is 5.54. The summed E-state index contributed by atoms with van der Waals surface area (Å²) in [5, 5.41) is 8.73. The zero-order valence-corrected chi connectivity index (χ0v) is 11.1. The van der Waals surface area contributed by atoms with Gasteiger partial charge in [0, 0.05) is 5.56 Å². The van der Waals surface area contributed by atoms with Gasteiger partial charge in [0.25, 0.3) is 0 Å². The second-order valence-corrected chi connectivity index (χ2v) is 4.06. The second kappa shape index (κ2) is 8.06. The number of carbonyl (C=O) groups is 2. The first-order chi connectivity index (χ1) is 9.19. The van der Waals surface area contributed by atoms with E-state index in [9.17, 15) is 9.59 Å². The lowest BCUT2D eigenvalue weighted by molar-refractivity contribution is -0.134. The van der Waals surface area contributed by atoms with Gasteiger partial charge >= 0.3 is 5.97 Å². The van der Waals surface area contributed by atoms with E-state index in [2.05, 4.69) is 9.13 Å². The highest BCUT2D eigenvalue weighted by Gasteiger charge is 2.12. The van der Waals surface area contributed by atoms with Crippen molar-refractivity contribution in [1.29, 1.82) is 5.26 Å².